The van der Waals surface area contributed by atoms with E-state index < -0.39 is 11.9 Å². The van der Waals surface area contributed by atoms with E-state index >= 15 is 0 Å². The second kappa shape index (κ2) is 7.97. The van der Waals surface area contributed by atoms with Crippen LogP contribution in [0.15, 0.2) is 51.9 Å². The molecule has 0 radical (unpaired) electrons. The predicted octanol–water partition coefficient (Wildman–Crippen LogP) is 3.39. The Hall–Kier alpha value is -3.94. The molecule has 2 aromatic heterocycles. The molecule has 0 aliphatic carbocycles. The normalized spacial score (nSPS) is 11.1. The number of furan rings is 1. The Morgan fingerprint density at radius 3 is 2.28 bits per heavy atom. The first-order valence-electron chi connectivity index (χ1n) is 8.66. The van der Waals surface area contributed by atoms with Crippen molar-refractivity contribution >= 4 is 23.9 Å². The van der Waals surface area contributed by atoms with E-state index in [0.717, 1.165) is 11.4 Å². The van der Waals surface area contributed by atoms with Crippen LogP contribution in [0.2, 0.25) is 0 Å². The van der Waals surface area contributed by atoms with Crippen molar-refractivity contribution < 1.29 is 29.0 Å². The van der Waals surface area contributed by atoms with Gasteiger partial charge in [-0.25, -0.2) is 9.59 Å². The smallest absolute Gasteiger partial charge is 0.371 e. The molecule has 29 heavy (non-hydrogen) atoms. The minimum Gasteiger partial charge on any atom is -0.478 e. The minimum absolute atomic E-state index is 0.0873. The Balaban J connectivity index is 1.85. The molecule has 3 rings (SSSR count). The molecule has 0 aliphatic rings. The third-order valence-corrected chi connectivity index (χ3v) is 4.35. The van der Waals surface area contributed by atoms with Crippen molar-refractivity contribution in [2.24, 2.45) is 4.99 Å². The lowest BCUT2D eigenvalue weighted by Crippen LogP contribution is -2.11. The summed E-state index contributed by atoms with van der Waals surface area (Å²) in [5.41, 5.74) is 2.51. The van der Waals surface area contributed by atoms with E-state index in [2.05, 4.69) is 4.99 Å². The lowest BCUT2D eigenvalue weighted by Gasteiger charge is -2.14. The number of aliphatic imine (C=N–C) groups is 1. The van der Waals surface area contributed by atoms with Gasteiger partial charge in [-0.1, -0.05) is 6.07 Å². The standard InChI is InChI=1S/C21H18N2O6/c1-12-3-4-13(2)23(12)17-9-14(5-7-16(17)20(25)26)18(24)11-22-10-15-6-8-19(29-15)21(27)28/h3-10H,11H2,1-2H3,(H,25,26)(H,27,28). The summed E-state index contributed by atoms with van der Waals surface area (Å²) in [5, 5.41) is 18.3. The topological polar surface area (TPSA) is 122 Å². The van der Waals surface area contributed by atoms with Crippen molar-refractivity contribution in [1.82, 2.24) is 4.57 Å². The van der Waals surface area contributed by atoms with Crippen molar-refractivity contribution in [3.63, 3.8) is 0 Å². The Morgan fingerprint density at radius 2 is 1.69 bits per heavy atom. The first-order chi connectivity index (χ1) is 13.8. The highest BCUT2D eigenvalue weighted by molar-refractivity contribution is 6.01. The zero-order valence-electron chi connectivity index (χ0n) is 15.7. The van der Waals surface area contributed by atoms with E-state index in [0.29, 0.717) is 11.3 Å². The summed E-state index contributed by atoms with van der Waals surface area (Å²) in [4.78, 5) is 38.9. The molecule has 0 spiro atoms. The number of Topliss-reactive ketones (excluding diaryl/α,β-unsaturated/α-hetero) is 1. The van der Waals surface area contributed by atoms with Crippen LogP contribution in [0.5, 0.6) is 0 Å². The van der Waals surface area contributed by atoms with Crippen LogP contribution in [0.1, 0.15) is 48.4 Å². The highest BCUT2D eigenvalue weighted by Gasteiger charge is 2.17. The molecular weight excluding hydrogens is 376 g/mol. The summed E-state index contributed by atoms with van der Waals surface area (Å²) >= 11 is 0. The highest BCUT2D eigenvalue weighted by Crippen LogP contribution is 2.22. The molecule has 8 nitrogen and oxygen atoms in total. The van der Waals surface area contributed by atoms with Gasteiger partial charge in [-0.3, -0.25) is 9.79 Å². The van der Waals surface area contributed by atoms with Crippen LogP contribution >= 0.6 is 0 Å². The number of aryl methyl sites for hydroxylation is 2. The quantitative estimate of drug-likeness (QED) is 0.468. The maximum absolute atomic E-state index is 12.5. The highest BCUT2D eigenvalue weighted by atomic mass is 16.4. The Labute approximate surface area is 165 Å². The average molecular weight is 394 g/mol. The number of ketones is 1. The summed E-state index contributed by atoms with van der Waals surface area (Å²) in [6.07, 6.45) is 1.27. The molecule has 0 fully saturated rings. The van der Waals surface area contributed by atoms with Gasteiger partial charge in [0.15, 0.2) is 5.78 Å². The van der Waals surface area contributed by atoms with Gasteiger partial charge in [-0.05, 0) is 50.2 Å². The SMILES string of the molecule is Cc1ccc(C)n1-c1cc(C(=O)CN=Cc2ccc(C(=O)O)o2)ccc1C(=O)O. The maximum Gasteiger partial charge on any atom is 0.371 e. The van der Waals surface area contributed by atoms with Crippen LogP contribution in [0.25, 0.3) is 5.69 Å². The zero-order valence-corrected chi connectivity index (χ0v) is 15.7. The molecule has 0 aliphatic heterocycles. The monoisotopic (exact) mass is 394 g/mol. The van der Waals surface area contributed by atoms with E-state index in [1.807, 2.05) is 26.0 Å². The number of aromatic carboxylic acids is 2. The number of hydrogen-bond acceptors (Lipinski definition) is 5. The first-order valence-corrected chi connectivity index (χ1v) is 8.66. The van der Waals surface area contributed by atoms with Crippen LogP contribution in [0, 0.1) is 13.8 Å². The van der Waals surface area contributed by atoms with Crippen molar-refractivity contribution in [2.45, 2.75) is 13.8 Å². The predicted molar refractivity (Wildman–Crippen MR) is 105 cm³/mol. The van der Waals surface area contributed by atoms with Gasteiger partial charge in [-0.15, -0.1) is 0 Å². The second-order valence-corrected chi connectivity index (χ2v) is 6.39. The second-order valence-electron chi connectivity index (χ2n) is 6.39. The fourth-order valence-corrected chi connectivity index (χ4v) is 2.97. The Kier molecular flexibility index (Phi) is 5.45. The minimum atomic E-state index is -1.19. The summed E-state index contributed by atoms with van der Waals surface area (Å²) in [5.74, 6) is -2.59. The van der Waals surface area contributed by atoms with Crippen molar-refractivity contribution in [2.75, 3.05) is 6.54 Å². The van der Waals surface area contributed by atoms with E-state index in [4.69, 9.17) is 9.52 Å². The molecule has 2 heterocycles. The zero-order chi connectivity index (χ0) is 21.1. The number of rotatable bonds is 7. The molecule has 0 atom stereocenters. The van der Waals surface area contributed by atoms with E-state index in [-0.39, 0.29) is 29.4 Å². The van der Waals surface area contributed by atoms with E-state index in [1.165, 1.54) is 36.5 Å². The van der Waals surface area contributed by atoms with E-state index in [9.17, 15) is 19.5 Å². The molecule has 0 amide bonds. The number of hydrogen-bond donors (Lipinski definition) is 2. The van der Waals surface area contributed by atoms with Gasteiger partial charge in [0.25, 0.3) is 0 Å². The molecule has 0 bridgehead atoms. The summed E-state index contributed by atoms with van der Waals surface area (Å²) < 4.78 is 6.82. The number of benzene rings is 1. The molecule has 8 heteroatoms. The van der Waals surface area contributed by atoms with Crippen LogP contribution < -0.4 is 0 Å². The molecule has 1 aromatic carbocycles. The van der Waals surface area contributed by atoms with Gasteiger partial charge in [0.2, 0.25) is 5.76 Å². The third kappa shape index (κ3) is 4.16. The fraction of sp³-hybridized carbons (Fsp3) is 0.143. The van der Waals surface area contributed by atoms with Crippen molar-refractivity contribution in [1.29, 1.82) is 0 Å². The Morgan fingerprint density at radius 1 is 1.00 bits per heavy atom. The van der Waals surface area contributed by atoms with E-state index in [1.54, 1.807) is 4.57 Å². The summed E-state index contributed by atoms with van der Waals surface area (Å²) in [6, 6.07) is 10.9. The van der Waals surface area contributed by atoms with Gasteiger partial charge in [-0.2, -0.15) is 0 Å². The molecule has 0 saturated carbocycles. The van der Waals surface area contributed by atoms with Gasteiger partial charge in [0, 0.05) is 17.0 Å². The number of carbonyl (C=O) groups excluding carboxylic acids is 1. The Bertz CT molecular complexity index is 1120. The molecule has 0 saturated heterocycles. The number of carboxylic acid groups (broad SMARTS) is 2. The summed E-state index contributed by atoms with van der Waals surface area (Å²) in [6.45, 7) is 3.51. The van der Waals surface area contributed by atoms with Crippen LogP contribution in [-0.4, -0.2) is 45.3 Å². The third-order valence-electron chi connectivity index (χ3n) is 4.35. The van der Waals surface area contributed by atoms with Crippen LogP contribution in [-0.2, 0) is 0 Å². The summed E-state index contributed by atoms with van der Waals surface area (Å²) in [7, 11) is 0. The molecular formula is C21H18N2O6. The van der Waals surface area contributed by atoms with Crippen molar-refractivity contribution in [3.05, 3.63) is 76.5 Å². The van der Waals surface area contributed by atoms with Crippen LogP contribution in [0.4, 0.5) is 0 Å². The van der Waals surface area contributed by atoms with Gasteiger partial charge < -0.3 is 19.2 Å². The number of nitrogens with zero attached hydrogens (tertiary/aromatic N) is 2. The fourth-order valence-electron chi connectivity index (χ4n) is 2.97. The molecule has 3 aromatic rings. The van der Waals surface area contributed by atoms with Crippen LogP contribution in [0.3, 0.4) is 0 Å². The lowest BCUT2D eigenvalue weighted by atomic mass is 10.1. The molecule has 2 N–H and O–H groups in total. The number of carboxylic acids is 2. The maximum atomic E-state index is 12.5. The number of carbonyl (C=O) groups is 3. The largest absolute Gasteiger partial charge is 0.478 e. The molecule has 148 valence electrons. The lowest BCUT2D eigenvalue weighted by molar-refractivity contribution is 0.0659. The van der Waals surface area contributed by atoms with Crippen molar-refractivity contribution in [3.8, 4) is 5.69 Å². The average Bonchev–Trinajstić information content (AvgIpc) is 3.28. The van der Waals surface area contributed by atoms with Gasteiger partial charge >= 0.3 is 11.9 Å². The van der Waals surface area contributed by atoms with Gasteiger partial charge in [0.05, 0.1) is 17.5 Å². The first kappa shape index (κ1) is 19.8. The van der Waals surface area contributed by atoms with Gasteiger partial charge in [0.1, 0.15) is 12.3 Å². The number of aromatic nitrogens is 1. The molecule has 0 unspecified atom stereocenters.